The summed E-state index contributed by atoms with van der Waals surface area (Å²) in [5.41, 5.74) is 0.778. The van der Waals surface area contributed by atoms with Crippen molar-refractivity contribution in [3.63, 3.8) is 0 Å². The molecule has 0 aliphatic carbocycles. The van der Waals surface area contributed by atoms with Crippen LogP contribution in [0.15, 0.2) is 23.0 Å². The normalized spacial score (nSPS) is 11.6. The van der Waals surface area contributed by atoms with Crippen LogP contribution in [0.5, 0.6) is 5.75 Å². The number of fused-ring (bicyclic) bond motifs is 1. The van der Waals surface area contributed by atoms with Crippen LogP contribution in [0.4, 0.5) is 4.79 Å². The molecule has 3 N–H and O–H groups in total. The largest absolute Gasteiger partial charge is 0.491 e. The molecule has 1 aromatic heterocycles. The van der Waals surface area contributed by atoms with E-state index in [2.05, 4.69) is 12.2 Å². The van der Waals surface area contributed by atoms with Gasteiger partial charge in [-0.1, -0.05) is 40.2 Å². The maximum Gasteiger partial charge on any atom is 0.404 e. The van der Waals surface area contributed by atoms with Gasteiger partial charge in [-0.2, -0.15) is 0 Å². The Morgan fingerprint density at radius 2 is 1.96 bits per heavy atom. The first-order chi connectivity index (χ1) is 13.2. The van der Waals surface area contributed by atoms with Crippen LogP contribution >= 0.6 is 0 Å². The van der Waals surface area contributed by atoms with Crippen molar-refractivity contribution in [2.75, 3.05) is 6.61 Å². The average molecular weight is 390 g/mol. The first-order valence-electron chi connectivity index (χ1n) is 9.56. The Kier molecular flexibility index (Phi) is 7.07. The summed E-state index contributed by atoms with van der Waals surface area (Å²) in [4.78, 5) is 24.3. The number of aliphatic hydroxyl groups is 1. The highest BCUT2D eigenvalue weighted by Gasteiger charge is 2.22. The predicted octanol–water partition coefficient (Wildman–Crippen LogP) is 3.49. The van der Waals surface area contributed by atoms with Crippen molar-refractivity contribution in [1.82, 2.24) is 9.88 Å². The molecule has 0 saturated carbocycles. The van der Waals surface area contributed by atoms with E-state index >= 15 is 0 Å². The summed E-state index contributed by atoms with van der Waals surface area (Å²) in [6, 6.07) is 5.16. The van der Waals surface area contributed by atoms with E-state index in [-0.39, 0.29) is 24.1 Å². The number of nitrogens with zero attached hydrogens (tertiary/aromatic N) is 1. The molecular weight excluding hydrogens is 360 g/mol. The molecular formula is C21H30N2O5. The third kappa shape index (κ3) is 5.25. The predicted molar refractivity (Wildman–Crippen MR) is 109 cm³/mol. The molecule has 154 valence electrons. The summed E-state index contributed by atoms with van der Waals surface area (Å²) in [6.07, 6.45) is 0.619. The molecule has 28 heavy (non-hydrogen) atoms. The number of amides is 1. The lowest BCUT2D eigenvalue weighted by Crippen LogP contribution is -2.33. The first-order valence-corrected chi connectivity index (χ1v) is 9.56. The van der Waals surface area contributed by atoms with Crippen LogP contribution in [0.2, 0.25) is 0 Å². The lowest BCUT2D eigenvalue weighted by molar-refractivity contribution is 0.193. The fourth-order valence-electron chi connectivity index (χ4n) is 3.07. The molecule has 0 saturated heterocycles. The average Bonchev–Trinajstić information content (AvgIpc) is 2.62. The van der Waals surface area contributed by atoms with E-state index in [0.717, 1.165) is 12.8 Å². The first kappa shape index (κ1) is 21.8. The van der Waals surface area contributed by atoms with Crippen LogP contribution in [-0.2, 0) is 19.7 Å². The van der Waals surface area contributed by atoms with Crippen molar-refractivity contribution in [3.8, 4) is 5.75 Å². The molecule has 0 radical (unpaired) electrons. The monoisotopic (exact) mass is 390 g/mol. The number of hydrogen-bond donors (Lipinski definition) is 3. The van der Waals surface area contributed by atoms with E-state index < -0.39 is 6.09 Å². The van der Waals surface area contributed by atoms with E-state index in [9.17, 15) is 14.7 Å². The number of rotatable bonds is 8. The third-order valence-corrected chi connectivity index (χ3v) is 4.36. The third-order valence-electron chi connectivity index (χ3n) is 4.36. The van der Waals surface area contributed by atoms with Gasteiger partial charge in [0.1, 0.15) is 5.75 Å². The zero-order valence-corrected chi connectivity index (χ0v) is 17.0. The Hall–Kier alpha value is -2.54. The Morgan fingerprint density at radius 1 is 1.25 bits per heavy atom. The second-order valence-corrected chi connectivity index (χ2v) is 8.13. The minimum atomic E-state index is -1.17. The van der Waals surface area contributed by atoms with Gasteiger partial charge in [0.25, 0.3) is 5.56 Å². The Balaban J connectivity index is 2.78. The summed E-state index contributed by atoms with van der Waals surface area (Å²) in [5, 5.41) is 22.1. The Morgan fingerprint density at radius 3 is 2.54 bits per heavy atom. The fourth-order valence-corrected chi connectivity index (χ4v) is 3.07. The van der Waals surface area contributed by atoms with Crippen LogP contribution in [0.1, 0.15) is 51.8 Å². The SMILES string of the molecule is CCCCOc1c(CNC(=O)O)n(CC(C)(C)C)c(=O)c2ccc(CO)cc12. The van der Waals surface area contributed by atoms with Gasteiger partial charge in [0.15, 0.2) is 0 Å². The van der Waals surface area contributed by atoms with Crippen LogP contribution in [0.25, 0.3) is 10.8 Å². The van der Waals surface area contributed by atoms with E-state index in [1.165, 1.54) is 0 Å². The van der Waals surface area contributed by atoms with Crippen LogP contribution < -0.4 is 15.6 Å². The quantitative estimate of drug-likeness (QED) is 0.599. The molecule has 1 heterocycles. The van der Waals surface area contributed by atoms with Gasteiger partial charge in [-0.15, -0.1) is 0 Å². The van der Waals surface area contributed by atoms with Crippen molar-refractivity contribution in [3.05, 3.63) is 39.8 Å². The standard InChI is InChI=1S/C21H30N2O5/c1-5-6-9-28-18-16-10-14(12-24)7-8-15(16)19(25)23(13-21(2,3)4)17(18)11-22-20(26)27/h7-8,10,22,24H,5-6,9,11-13H2,1-4H3,(H,26,27). The number of hydrogen-bond acceptors (Lipinski definition) is 4. The molecule has 0 spiro atoms. The summed E-state index contributed by atoms with van der Waals surface area (Å²) < 4.78 is 7.67. The Bertz CT molecular complexity index is 896. The van der Waals surface area contributed by atoms with Crippen molar-refractivity contribution in [2.24, 2.45) is 5.41 Å². The summed E-state index contributed by atoms with van der Waals surface area (Å²) in [6.45, 7) is 8.80. The van der Waals surface area contributed by atoms with Crippen molar-refractivity contribution in [2.45, 2.75) is 60.2 Å². The summed E-state index contributed by atoms with van der Waals surface area (Å²) in [5.74, 6) is 0.497. The van der Waals surface area contributed by atoms with E-state index in [4.69, 9.17) is 9.84 Å². The zero-order valence-electron chi connectivity index (χ0n) is 17.0. The van der Waals surface area contributed by atoms with Gasteiger partial charge in [0, 0.05) is 11.9 Å². The molecule has 2 aromatic rings. The number of aromatic nitrogens is 1. The molecule has 0 aliphatic heterocycles. The van der Waals surface area contributed by atoms with Gasteiger partial charge in [0.2, 0.25) is 0 Å². The molecule has 0 unspecified atom stereocenters. The van der Waals surface area contributed by atoms with Crippen LogP contribution in [-0.4, -0.2) is 27.5 Å². The topological polar surface area (TPSA) is 101 Å². The lowest BCUT2D eigenvalue weighted by atomic mass is 9.96. The van der Waals surface area contributed by atoms with Crippen molar-refractivity contribution >= 4 is 16.9 Å². The maximum absolute atomic E-state index is 13.2. The van der Waals surface area contributed by atoms with Crippen molar-refractivity contribution < 1.29 is 19.7 Å². The second kappa shape index (κ2) is 9.10. The van der Waals surface area contributed by atoms with Gasteiger partial charge in [-0.3, -0.25) is 4.79 Å². The zero-order chi connectivity index (χ0) is 20.9. The van der Waals surface area contributed by atoms with E-state index in [1.807, 2.05) is 20.8 Å². The number of nitrogens with one attached hydrogen (secondary N) is 1. The van der Waals surface area contributed by atoms with Crippen LogP contribution in [0, 0.1) is 5.41 Å². The van der Waals surface area contributed by atoms with Gasteiger partial charge in [-0.05, 0) is 29.5 Å². The molecule has 0 fully saturated rings. The van der Waals surface area contributed by atoms with Gasteiger partial charge in [-0.25, -0.2) is 4.79 Å². The maximum atomic E-state index is 13.2. The van der Waals surface area contributed by atoms with E-state index in [1.54, 1.807) is 22.8 Å². The molecule has 1 amide bonds. The number of carboxylic acid groups (broad SMARTS) is 1. The molecule has 0 bridgehead atoms. The highest BCUT2D eigenvalue weighted by Crippen LogP contribution is 2.31. The molecule has 0 aliphatic rings. The van der Waals surface area contributed by atoms with Gasteiger partial charge < -0.3 is 24.8 Å². The number of ether oxygens (including phenoxy) is 1. The molecule has 7 nitrogen and oxygen atoms in total. The van der Waals surface area contributed by atoms with Crippen molar-refractivity contribution in [1.29, 1.82) is 0 Å². The van der Waals surface area contributed by atoms with Gasteiger partial charge in [0.05, 0.1) is 30.8 Å². The Labute approximate surface area is 164 Å². The minimum Gasteiger partial charge on any atom is -0.491 e. The number of carbonyl (C=O) groups is 1. The van der Waals surface area contributed by atoms with E-state index in [0.29, 0.717) is 40.9 Å². The number of unbranched alkanes of at least 4 members (excludes halogenated alkanes) is 1. The molecule has 0 atom stereocenters. The second-order valence-electron chi connectivity index (χ2n) is 8.13. The summed E-state index contributed by atoms with van der Waals surface area (Å²) >= 11 is 0. The van der Waals surface area contributed by atoms with Crippen LogP contribution in [0.3, 0.4) is 0 Å². The minimum absolute atomic E-state index is 0.0403. The number of benzene rings is 1. The molecule has 7 heteroatoms. The molecule has 1 aromatic carbocycles. The number of pyridine rings is 1. The smallest absolute Gasteiger partial charge is 0.404 e. The molecule has 2 rings (SSSR count). The lowest BCUT2D eigenvalue weighted by Gasteiger charge is -2.25. The number of aliphatic hydroxyl groups excluding tert-OH is 1. The fraction of sp³-hybridized carbons (Fsp3) is 0.524. The highest BCUT2D eigenvalue weighted by molar-refractivity contribution is 5.89. The highest BCUT2D eigenvalue weighted by atomic mass is 16.5. The van der Waals surface area contributed by atoms with Gasteiger partial charge >= 0.3 is 6.09 Å². The summed E-state index contributed by atoms with van der Waals surface area (Å²) in [7, 11) is 0.